The van der Waals surface area contributed by atoms with Crippen molar-refractivity contribution < 1.29 is 9.59 Å². The minimum absolute atomic E-state index is 0.0404. The predicted molar refractivity (Wildman–Crippen MR) is 123 cm³/mol. The van der Waals surface area contributed by atoms with Crippen LogP contribution in [-0.2, 0) is 4.79 Å². The van der Waals surface area contributed by atoms with Crippen molar-refractivity contribution in [2.45, 2.75) is 96.4 Å². The van der Waals surface area contributed by atoms with Gasteiger partial charge in [-0.05, 0) is 44.6 Å². The molecule has 0 saturated heterocycles. The molecule has 174 valence electrons. The number of terminal acetylenes is 1. The van der Waals surface area contributed by atoms with Crippen LogP contribution in [0.4, 0.5) is 0 Å². The topological polar surface area (TPSA) is 92.0 Å². The van der Waals surface area contributed by atoms with Gasteiger partial charge in [-0.2, -0.15) is 15.3 Å². The van der Waals surface area contributed by atoms with Gasteiger partial charge >= 0.3 is 0 Å². The van der Waals surface area contributed by atoms with Crippen molar-refractivity contribution >= 4 is 11.8 Å². The molecule has 1 aliphatic heterocycles. The van der Waals surface area contributed by atoms with Gasteiger partial charge in [0.05, 0.1) is 6.04 Å². The number of amides is 2. The first-order chi connectivity index (χ1) is 15.3. The Morgan fingerprint density at radius 3 is 2.59 bits per heavy atom. The Bertz CT molecular complexity index is 873. The number of rotatable bonds is 13. The molecule has 8 nitrogen and oxygen atoms in total. The molecule has 2 atom stereocenters. The summed E-state index contributed by atoms with van der Waals surface area (Å²) in [4.78, 5) is 28.5. The van der Waals surface area contributed by atoms with Gasteiger partial charge in [-0.1, -0.05) is 20.8 Å². The number of hydrogen-bond donors (Lipinski definition) is 1. The average molecular weight is 441 g/mol. The molecule has 0 radical (unpaired) electrons. The van der Waals surface area contributed by atoms with Gasteiger partial charge in [0, 0.05) is 38.0 Å². The summed E-state index contributed by atoms with van der Waals surface area (Å²) in [5.74, 6) is 2.54. The molecule has 1 aromatic heterocycles. The molecule has 2 amide bonds. The largest absolute Gasteiger partial charge is 0.352 e. The van der Waals surface area contributed by atoms with Gasteiger partial charge in [0.15, 0.2) is 5.66 Å². The lowest BCUT2D eigenvalue weighted by Gasteiger charge is -2.33. The van der Waals surface area contributed by atoms with Crippen LogP contribution in [0.2, 0.25) is 0 Å². The zero-order valence-corrected chi connectivity index (χ0v) is 19.8. The normalized spacial score (nSPS) is 18.1. The van der Waals surface area contributed by atoms with Crippen LogP contribution in [0.1, 0.15) is 89.2 Å². The van der Waals surface area contributed by atoms with Crippen LogP contribution in [0.3, 0.4) is 0 Å². The first-order valence-corrected chi connectivity index (χ1v) is 11.8. The summed E-state index contributed by atoms with van der Waals surface area (Å²) >= 11 is 0. The third kappa shape index (κ3) is 6.18. The fourth-order valence-corrected chi connectivity index (χ4v) is 3.77. The highest BCUT2D eigenvalue weighted by molar-refractivity contribution is 5.96. The van der Waals surface area contributed by atoms with E-state index < -0.39 is 11.7 Å². The van der Waals surface area contributed by atoms with Crippen molar-refractivity contribution in [1.29, 1.82) is 0 Å². The molecule has 0 bridgehead atoms. The van der Waals surface area contributed by atoms with E-state index in [0.717, 1.165) is 19.3 Å². The van der Waals surface area contributed by atoms with E-state index >= 15 is 0 Å². The Hall–Kier alpha value is -2.69. The Kier molecular flexibility index (Phi) is 7.70. The molecule has 1 aliphatic carbocycles. The van der Waals surface area contributed by atoms with Gasteiger partial charge in [-0.15, -0.1) is 12.3 Å². The average Bonchev–Trinajstić information content (AvgIpc) is 3.70. The van der Waals surface area contributed by atoms with E-state index in [-0.39, 0.29) is 23.8 Å². The van der Waals surface area contributed by atoms with E-state index in [0.29, 0.717) is 44.0 Å². The van der Waals surface area contributed by atoms with Crippen molar-refractivity contribution in [3.63, 3.8) is 0 Å². The molecule has 1 aromatic rings. The maximum absolute atomic E-state index is 13.6. The van der Waals surface area contributed by atoms with E-state index in [1.54, 1.807) is 11.0 Å². The summed E-state index contributed by atoms with van der Waals surface area (Å²) in [6.07, 6.45) is 12.6. The quantitative estimate of drug-likeness (QED) is 0.471. The Labute approximate surface area is 191 Å². The number of carbonyl (C=O) groups is 2. The Balaban J connectivity index is 1.82. The van der Waals surface area contributed by atoms with Crippen LogP contribution >= 0.6 is 0 Å². The molecule has 2 heterocycles. The zero-order valence-electron chi connectivity index (χ0n) is 19.8. The summed E-state index contributed by atoms with van der Waals surface area (Å²) in [6, 6.07) is 1.61. The predicted octanol–water partition coefficient (Wildman–Crippen LogP) is 3.96. The number of nitrogens with zero attached hydrogens (tertiary/aromatic N) is 5. The molecule has 3 rings (SSSR count). The molecular formula is C24H36N6O2. The highest BCUT2D eigenvalue weighted by Crippen LogP contribution is 2.37. The van der Waals surface area contributed by atoms with Crippen molar-refractivity contribution in [2.75, 3.05) is 6.54 Å². The van der Waals surface area contributed by atoms with E-state index in [9.17, 15) is 9.59 Å². The molecular weight excluding hydrogens is 404 g/mol. The van der Waals surface area contributed by atoms with E-state index in [4.69, 9.17) is 6.42 Å². The number of aromatic nitrogens is 2. The van der Waals surface area contributed by atoms with Crippen LogP contribution in [0.15, 0.2) is 22.5 Å². The van der Waals surface area contributed by atoms with Crippen molar-refractivity contribution in [1.82, 2.24) is 20.0 Å². The zero-order chi connectivity index (χ0) is 23.3. The second-order valence-electron chi connectivity index (χ2n) is 9.51. The maximum atomic E-state index is 13.6. The molecule has 8 heteroatoms. The van der Waals surface area contributed by atoms with Crippen LogP contribution in [-0.4, -0.2) is 50.8 Å². The van der Waals surface area contributed by atoms with Crippen LogP contribution in [0.5, 0.6) is 0 Å². The molecule has 2 unspecified atom stereocenters. The highest BCUT2D eigenvalue weighted by atomic mass is 16.2. The molecule has 1 saturated carbocycles. The summed E-state index contributed by atoms with van der Waals surface area (Å²) in [5.41, 5.74) is -0.141. The SMILES string of the molecule is C#CCCC1(CCN(C(=O)c2ccn(C3CC3)n2)C(CC(C)C)C(=O)NC(C)CC)N=N1. The third-order valence-electron chi connectivity index (χ3n) is 6.19. The molecule has 2 aliphatic rings. The minimum atomic E-state index is -0.578. The van der Waals surface area contributed by atoms with Gasteiger partial charge in [0.1, 0.15) is 11.7 Å². The molecule has 1 fully saturated rings. The van der Waals surface area contributed by atoms with Gasteiger partial charge in [-0.25, -0.2) is 0 Å². The van der Waals surface area contributed by atoms with Crippen LogP contribution < -0.4 is 5.32 Å². The summed E-state index contributed by atoms with van der Waals surface area (Å²) in [7, 11) is 0. The smallest absolute Gasteiger partial charge is 0.275 e. The third-order valence-corrected chi connectivity index (χ3v) is 6.19. The fraction of sp³-hybridized carbons (Fsp3) is 0.708. The lowest BCUT2D eigenvalue weighted by atomic mass is 9.98. The van der Waals surface area contributed by atoms with E-state index in [1.165, 1.54) is 0 Å². The van der Waals surface area contributed by atoms with Crippen LogP contribution in [0.25, 0.3) is 0 Å². The molecule has 32 heavy (non-hydrogen) atoms. The molecule has 1 N–H and O–H groups in total. The summed E-state index contributed by atoms with van der Waals surface area (Å²) in [6.45, 7) is 8.51. The fourth-order valence-electron chi connectivity index (χ4n) is 3.77. The molecule has 0 spiro atoms. The second-order valence-corrected chi connectivity index (χ2v) is 9.51. The first kappa shape index (κ1) is 24.0. The van der Waals surface area contributed by atoms with Gasteiger partial charge in [0.25, 0.3) is 5.91 Å². The first-order valence-electron chi connectivity index (χ1n) is 11.8. The van der Waals surface area contributed by atoms with Gasteiger partial charge < -0.3 is 10.2 Å². The minimum Gasteiger partial charge on any atom is -0.352 e. The lowest BCUT2D eigenvalue weighted by molar-refractivity contribution is -0.127. The Morgan fingerprint density at radius 2 is 2.03 bits per heavy atom. The van der Waals surface area contributed by atoms with Crippen molar-refractivity contribution in [3.8, 4) is 12.3 Å². The maximum Gasteiger partial charge on any atom is 0.275 e. The van der Waals surface area contributed by atoms with Crippen LogP contribution in [0, 0.1) is 18.3 Å². The monoisotopic (exact) mass is 440 g/mol. The summed E-state index contributed by atoms with van der Waals surface area (Å²) < 4.78 is 1.86. The Morgan fingerprint density at radius 1 is 1.31 bits per heavy atom. The van der Waals surface area contributed by atoms with Gasteiger partial charge in [-0.3, -0.25) is 14.3 Å². The van der Waals surface area contributed by atoms with Crippen molar-refractivity contribution in [3.05, 3.63) is 18.0 Å². The number of nitrogens with one attached hydrogen (secondary N) is 1. The number of carbonyl (C=O) groups excluding carboxylic acids is 2. The second kappa shape index (κ2) is 10.3. The summed E-state index contributed by atoms with van der Waals surface area (Å²) in [5, 5.41) is 16.0. The van der Waals surface area contributed by atoms with Crippen molar-refractivity contribution in [2.24, 2.45) is 16.1 Å². The number of hydrogen-bond acceptors (Lipinski definition) is 5. The van der Waals surface area contributed by atoms with E-state index in [1.807, 2.05) is 24.7 Å². The highest BCUT2D eigenvalue weighted by Gasteiger charge is 2.41. The van der Waals surface area contributed by atoms with E-state index in [2.05, 4.69) is 40.4 Å². The molecule has 0 aromatic carbocycles. The standard InChI is InChI=1S/C24H36N6O2/c1-6-8-12-24(27-28-24)13-15-29(21(16-17(3)4)22(31)25-18(5)7-2)23(32)20-11-14-30(26-20)19-9-10-19/h1,11,14,17-19,21H,7-10,12-13,15-16H2,2-5H3,(H,25,31). The van der Waals surface area contributed by atoms with Gasteiger partial charge in [0.2, 0.25) is 5.91 Å². The lowest BCUT2D eigenvalue weighted by Crippen LogP contribution is -2.52.